The molecule has 0 aliphatic rings. The molecule has 3 aromatic rings. The minimum atomic E-state index is 0.275. The van der Waals surface area contributed by atoms with Gasteiger partial charge in [0.2, 0.25) is 0 Å². The summed E-state index contributed by atoms with van der Waals surface area (Å²) in [6.45, 7) is 2.28. The van der Waals surface area contributed by atoms with Crippen LogP contribution in [0.15, 0.2) is 42.5 Å². The largest absolute Gasteiger partial charge is 0.354 e. The van der Waals surface area contributed by atoms with Gasteiger partial charge in [-0.15, -0.1) is 0 Å². The second kappa shape index (κ2) is 14.1. The lowest BCUT2D eigenvalue weighted by molar-refractivity contribution is 0.0980. The Morgan fingerprint density at radius 2 is 1.16 bits per heavy atom. The van der Waals surface area contributed by atoms with Crippen LogP contribution in [0.4, 0.5) is 0 Å². The number of fused-ring (bicyclic) bond motifs is 3. The van der Waals surface area contributed by atoms with Crippen molar-refractivity contribution in [3.8, 4) is 0 Å². The number of carbonyl (C=O) groups is 1. The highest BCUT2D eigenvalue weighted by molar-refractivity contribution is 6.15. The molecule has 0 atom stereocenters. The molecule has 0 saturated heterocycles. The second-order valence-corrected chi connectivity index (χ2v) is 9.52. The zero-order chi connectivity index (χ0) is 22.4. The Morgan fingerprint density at radius 1 is 0.625 bits per heavy atom. The highest BCUT2D eigenvalue weighted by Gasteiger charge is 2.13. The number of para-hydroxylation sites is 2. The predicted octanol–water partition coefficient (Wildman–Crippen LogP) is 9.77. The molecular weight excluding hydrogens is 390 g/mol. The van der Waals surface area contributed by atoms with Gasteiger partial charge in [0.05, 0.1) is 5.52 Å². The molecule has 0 spiro atoms. The minimum absolute atomic E-state index is 0.275. The van der Waals surface area contributed by atoms with Crippen LogP contribution >= 0.6 is 0 Å². The van der Waals surface area contributed by atoms with Crippen molar-refractivity contribution >= 4 is 27.6 Å². The number of unbranched alkanes of at least 4 members (excludes halogenated alkanes) is 14. The molecule has 0 radical (unpaired) electrons. The maximum absolute atomic E-state index is 12.8. The van der Waals surface area contributed by atoms with Gasteiger partial charge in [0.15, 0.2) is 5.78 Å². The van der Waals surface area contributed by atoms with E-state index in [0.717, 1.165) is 28.4 Å². The number of Topliss-reactive ketones (excluding diaryl/α,β-unsaturated/α-hetero) is 1. The van der Waals surface area contributed by atoms with Gasteiger partial charge in [-0.25, -0.2) is 0 Å². The number of nitrogens with one attached hydrogen (secondary N) is 1. The number of aromatic amines is 1. The molecule has 3 rings (SSSR count). The van der Waals surface area contributed by atoms with Crippen LogP contribution < -0.4 is 0 Å². The average Bonchev–Trinajstić information content (AvgIpc) is 3.20. The van der Waals surface area contributed by atoms with E-state index in [4.69, 9.17) is 0 Å². The Morgan fingerprint density at radius 3 is 1.78 bits per heavy atom. The van der Waals surface area contributed by atoms with Crippen molar-refractivity contribution in [2.45, 2.75) is 110 Å². The van der Waals surface area contributed by atoms with Crippen molar-refractivity contribution in [2.75, 3.05) is 0 Å². The van der Waals surface area contributed by atoms with E-state index >= 15 is 0 Å². The van der Waals surface area contributed by atoms with Crippen molar-refractivity contribution in [1.82, 2.24) is 4.98 Å². The van der Waals surface area contributed by atoms with Gasteiger partial charge in [0.1, 0.15) is 0 Å². The Labute approximate surface area is 195 Å². The van der Waals surface area contributed by atoms with Crippen molar-refractivity contribution in [3.05, 3.63) is 48.0 Å². The van der Waals surface area contributed by atoms with Gasteiger partial charge < -0.3 is 4.98 Å². The molecule has 2 aromatic carbocycles. The summed E-state index contributed by atoms with van der Waals surface area (Å²) in [6.07, 6.45) is 20.9. The topological polar surface area (TPSA) is 32.9 Å². The first kappa shape index (κ1) is 24.6. The molecule has 0 amide bonds. The molecule has 32 heavy (non-hydrogen) atoms. The second-order valence-electron chi connectivity index (χ2n) is 9.52. The summed E-state index contributed by atoms with van der Waals surface area (Å²) in [6, 6.07) is 14.4. The summed E-state index contributed by atoms with van der Waals surface area (Å²) in [5, 5.41) is 2.35. The lowest BCUT2D eigenvalue weighted by Gasteiger charge is -2.04. The number of H-pyrrole nitrogens is 1. The van der Waals surface area contributed by atoms with Crippen LogP contribution in [-0.2, 0) is 0 Å². The number of rotatable bonds is 17. The van der Waals surface area contributed by atoms with Crippen molar-refractivity contribution in [3.63, 3.8) is 0 Å². The summed E-state index contributed by atoms with van der Waals surface area (Å²) in [4.78, 5) is 16.3. The molecule has 2 nitrogen and oxygen atoms in total. The van der Waals surface area contributed by atoms with Crippen LogP contribution in [0, 0.1) is 0 Å². The Bertz CT molecular complexity index is 938. The maximum atomic E-state index is 12.8. The zero-order valence-corrected chi connectivity index (χ0v) is 20.3. The molecule has 174 valence electrons. The number of hydrogen-bond acceptors (Lipinski definition) is 1. The highest BCUT2D eigenvalue weighted by atomic mass is 16.1. The lowest BCUT2D eigenvalue weighted by Crippen LogP contribution is -2.00. The lowest BCUT2D eigenvalue weighted by atomic mass is 10.0. The summed E-state index contributed by atoms with van der Waals surface area (Å²) >= 11 is 0. The molecule has 0 aliphatic carbocycles. The third-order valence-electron chi connectivity index (χ3n) is 6.85. The average molecular weight is 434 g/mol. The van der Waals surface area contributed by atoms with E-state index < -0.39 is 0 Å². The van der Waals surface area contributed by atoms with Crippen LogP contribution in [0.25, 0.3) is 21.8 Å². The van der Waals surface area contributed by atoms with Gasteiger partial charge >= 0.3 is 0 Å². The van der Waals surface area contributed by atoms with E-state index in [1.54, 1.807) is 0 Å². The smallest absolute Gasteiger partial charge is 0.164 e. The molecule has 1 aromatic heterocycles. The van der Waals surface area contributed by atoms with Crippen molar-refractivity contribution < 1.29 is 4.79 Å². The normalized spacial score (nSPS) is 11.5. The fraction of sp³-hybridized carbons (Fsp3) is 0.567. The Kier molecular flexibility index (Phi) is 10.8. The monoisotopic (exact) mass is 433 g/mol. The van der Waals surface area contributed by atoms with Crippen molar-refractivity contribution in [2.24, 2.45) is 0 Å². The fourth-order valence-electron chi connectivity index (χ4n) is 4.90. The molecule has 0 bridgehead atoms. The van der Waals surface area contributed by atoms with Crippen LogP contribution in [-0.4, -0.2) is 10.8 Å². The van der Waals surface area contributed by atoms with E-state index in [1.807, 2.05) is 18.2 Å². The van der Waals surface area contributed by atoms with Crippen LogP contribution in [0.2, 0.25) is 0 Å². The third-order valence-corrected chi connectivity index (χ3v) is 6.85. The Balaban J connectivity index is 1.24. The summed E-state index contributed by atoms with van der Waals surface area (Å²) < 4.78 is 0. The van der Waals surface area contributed by atoms with E-state index in [1.165, 1.54) is 95.3 Å². The van der Waals surface area contributed by atoms with Crippen LogP contribution in [0.1, 0.15) is 120 Å². The number of ketones is 1. The van der Waals surface area contributed by atoms with E-state index in [0.29, 0.717) is 6.42 Å². The summed E-state index contributed by atoms with van der Waals surface area (Å²) in [7, 11) is 0. The van der Waals surface area contributed by atoms with Gasteiger partial charge in [0, 0.05) is 28.3 Å². The Hall–Kier alpha value is -2.09. The van der Waals surface area contributed by atoms with Gasteiger partial charge in [-0.2, -0.15) is 0 Å². The SMILES string of the molecule is CCCCCCCCCCCCCCCCCC(=O)c1cccc2c1[nH]c1ccccc12. The first-order valence-corrected chi connectivity index (χ1v) is 13.3. The molecule has 0 aliphatic heterocycles. The standard InChI is InChI=1S/C30H43NO/c1-2-3-4-5-6-7-8-9-10-11-12-13-14-15-16-24-29(32)27-22-19-21-26-25-20-17-18-23-28(25)31-30(26)27/h17-23,31H,2-16,24H2,1H3. The van der Waals surface area contributed by atoms with Crippen LogP contribution in [0.5, 0.6) is 0 Å². The fourth-order valence-corrected chi connectivity index (χ4v) is 4.90. The molecule has 1 N–H and O–H groups in total. The van der Waals surface area contributed by atoms with Crippen molar-refractivity contribution in [1.29, 1.82) is 0 Å². The maximum Gasteiger partial charge on any atom is 0.164 e. The number of aromatic nitrogens is 1. The third kappa shape index (κ3) is 7.50. The molecular formula is C30H43NO. The highest BCUT2D eigenvalue weighted by Crippen LogP contribution is 2.28. The molecule has 2 heteroatoms. The van der Waals surface area contributed by atoms with Gasteiger partial charge in [-0.05, 0) is 18.6 Å². The van der Waals surface area contributed by atoms with E-state index in [-0.39, 0.29) is 5.78 Å². The molecule has 0 saturated carbocycles. The predicted molar refractivity (Wildman–Crippen MR) is 140 cm³/mol. The zero-order valence-electron chi connectivity index (χ0n) is 20.3. The molecule has 0 unspecified atom stereocenters. The van der Waals surface area contributed by atoms with Gasteiger partial charge in [-0.1, -0.05) is 127 Å². The van der Waals surface area contributed by atoms with Gasteiger partial charge in [0.25, 0.3) is 0 Å². The number of benzene rings is 2. The van der Waals surface area contributed by atoms with E-state index in [9.17, 15) is 4.79 Å². The number of hydrogen-bond donors (Lipinski definition) is 1. The van der Waals surface area contributed by atoms with E-state index in [2.05, 4.69) is 36.2 Å². The summed E-state index contributed by atoms with van der Waals surface area (Å²) in [5.74, 6) is 0.275. The molecule has 1 heterocycles. The van der Waals surface area contributed by atoms with Gasteiger partial charge in [-0.3, -0.25) is 4.79 Å². The first-order valence-electron chi connectivity index (χ1n) is 13.3. The van der Waals surface area contributed by atoms with Crippen LogP contribution in [0.3, 0.4) is 0 Å². The summed E-state index contributed by atoms with van der Waals surface area (Å²) in [5.41, 5.74) is 2.96. The quantitative estimate of drug-likeness (QED) is 0.167. The number of carbonyl (C=O) groups excluding carboxylic acids is 1. The molecule has 0 fully saturated rings. The first-order chi connectivity index (χ1) is 15.8. The minimum Gasteiger partial charge on any atom is -0.354 e.